The molecule has 0 aromatic heterocycles. The fraction of sp³-hybridized carbons (Fsp3) is 0.929. The van der Waals surface area contributed by atoms with Crippen LogP contribution < -0.4 is 29.6 Å². The van der Waals surface area contributed by atoms with E-state index in [2.05, 4.69) is 38.8 Å². The van der Waals surface area contributed by atoms with Crippen molar-refractivity contribution >= 4 is 19.9 Å². The van der Waals surface area contributed by atoms with Crippen LogP contribution in [0.3, 0.4) is 0 Å². The second-order valence-electron chi connectivity index (χ2n) is 4.64. The van der Waals surface area contributed by atoms with Crippen LogP contribution in [0, 0.1) is 11.3 Å². The molecule has 0 aromatic carbocycles. The summed E-state index contributed by atoms with van der Waals surface area (Å²) < 4.78 is 34.5. The Hall–Kier alpha value is 1.31. The molecule has 137 valence electrons. The standard InChI is InChI=1S/C12H26O4S.C2H3N.ClH.Na.Pd/c1-2-3-4-5-6-7-8-9-10-11-12-16-17(13,14)15;1-2-3;;;/h2-12H2,1H3,(H,13,14,15);1H3;1H;;/q;;;2*+1/p-2. The van der Waals surface area contributed by atoms with Crippen molar-refractivity contribution in [3.05, 3.63) is 0 Å². The topological polar surface area (TPSA) is 90.2 Å². The van der Waals surface area contributed by atoms with Crippen LogP contribution in [-0.4, -0.2) is 19.6 Å². The van der Waals surface area contributed by atoms with E-state index in [-0.39, 0.29) is 36.2 Å². The van der Waals surface area contributed by atoms with Gasteiger partial charge in [-0.2, -0.15) is 5.26 Å². The molecule has 0 aliphatic carbocycles. The number of unbranched alkanes of at least 4 members (excludes halogenated alkanes) is 9. The molecule has 0 fully saturated rings. The molecule has 0 aliphatic heterocycles. The fourth-order valence-electron chi connectivity index (χ4n) is 1.75. The van der Waals surface area contributed by atoms with E-state index >= 15 is 0 Å². The van der Waals surface area contributed by atoms with Gasteiger partial charge in [-0.3, -0.25) is 4.18 Å². The Labute approximate surface area is 179 Å². The van der Waals surface area contributed by atoms with Gasteiger partial charge in [0.2, 0.25) is 10.4 Å². The number of nitrogens with zero attached hydrogens (tertiary/aromatic N) is 1. The summed E-state index contributed by atoms with van der Waals surface area (Å²) in [6, 6.07) is 1.75. The maximum absolute atomic E-state index is 10.1. The molecule has 0 aliphatic rings. The van der Waals surface area contributed by atoms with Gasteiger partial charge in [0, 0.05) is 6.92 Å². The summed E-state index contributed by atoms with van der Waals surface area (Å²) in [6.45, 7) is 3.67. The SMILES string of the molecule is CC#N.CCCCCCCCCCCCOS(=O)(=O)[O-].[Cl][Pd].[Na+]. The average molecular weight is 471 g/mol. The Morgan fingerprint density at radius 2 is 1.30 bits per heavy atom. The van der Waals surface area contributed by atoms with Crippen LogP contribution in [0.5, 0.6) is 0 Å². The van der Waals surface area contributed by atoms with Gasteiger partial charge in [0.25, 0.3) is 0 Å². The number of hydrogen-bond donors (Lipinski definition) is 0. The van der Waals surface area contributed by atoms with E-state index in [0.29, 0.717) is 6.42 Å². The summed E-state index contributed by atoms with van der Waals surface area (Å²) in [4.78, 5) is 0. The predicted octanol–water partition coefficient (Wildman–Crippen LogP) is 1.60. The van der Waals surface area contributed by atoms with Crippen LogP contribution in [0.1, 0.15) is 78.1 Å². The Kier molecular flexibility index (Phi) is 39.2. The first-order chi connectivity index (χ1) is 10.5. The molecule has 5 nitrogen and oxygen atoms in total. The van der Waals surface area contributed by atoms with Gasteiger partial charge in [-0.1, -0.05) is 64.7 Å². The molecule has 0 radical (unpaired) electrons. The summed E-state index contributed by atoms with van der Waals surface area (Å²) in [5.41, 5.74) is 0. The van der Waals surface area contributed by atoms with E-state index in [1.807, 2.05) is 0 Å². The number of rotatable bonds is 12. The van der Waals surface area contributed by atoms with E-state index in [1.54, 1.807) is 6.07 Å². The van der Waals surface area contributed by atoms with Gasteiger partial charge < -0.3 is 4.55 Å². The molecule has 0 bridgehead atoms. The fourth-order valence-corrected chi connectivity index (χ4v) is 2.07. The van der Waals surface area contributed by atoms with E-state index in [0.717, 1.165) is 12.8 Å². The second kappa shape index (κ2) is 28.1. The molecular weight excluding hydrogens is 443 g/mol. The first-order valence-electron chi connectivity index (χ1n) is 7.51. The number of halogens is 1. The largest absolute Gasteiger partial charge is 1.00 e. The molecule has 0 N–H and O–H groups in total. The summed E-state index contributed by atoms with van der Waals surface area (Å²) in [5.74, 6) is 0. The first-order valence-corrected chi connectivity index (χ1v) is 10.8. The Morgan fingerprint density at radius 3 is 1.61 bits per heavy atom. The van der Waals surface area contributed by atoms with Gasteiger partial charge in [-0.25, -0.2) is 8.42 Å². The van der Waals surface area contributed by atoms with Crippen LogP contribution in [0.4, 0.5) is 0 Å². The predicted molar refractivity (Wildman–Crippen MR) is 84.6 cm³/mol. The third kappa shape index (κ3) is 45.2. The molecule has 0 saturated heterocycles. The van der Waals surface area contributed by atoms with Crippen molar-refractivity contribution in [2.45, 2.75) is 78.1 Å². The number of hydrogen-bond acceptors (Lipinski definition) is 5. The molecule has 0 amide bonds. The Balaban J connectivity index is -0.000000267. The van der Waals surface area contributed by atoms with E-state index in [4.69, 9.17) is 5.26 Å². The van der Waals surface area contributed by atoms with E-state index < -0.39 is 10.4 Å². The van der Waals surface area contributed by atoms with Crippen LogP contribution in [0.15, 0.2) is 0 Å². The second-order valence-corrected chi connectivity index (χ2v) is 5.69. The van der Waals surface area contributed by atoms with Crippen LogP contribution >= 0.6 is 9.53 Å². The van der Waals surface area contributed by atoms with Crippen molar-refractivity contribution in [3.63, 3.8) is 0 Å². The normalized spacial score (nSPS) is 9.43. The van der Waals surface area contributed by atoms with Gasteiger partial charge >= 0.3 is 57.3 Å². The summed E-state index contributed by atoms with van der Waals surface area (Å²) in [7, 11) is 0.00451. The summed E-state index contributed by atoms with van der Waals surface area (Å²) >= 11 is 2.22. The average Bonchev–Trinajstić information content (AvgIpc) is 2.46. The van der Waals surface area contributed by atoms with Crippen molar-refractivity contribution in [2.75, 3.05) is 6.61 Å². The minimum atomic E-state index is -4.48. The van der Waals surface area contributed by atoms with Crippen molar-refractivity contribution in [2.24, 2.45) is 0 Å². The Bertz CT molecular complexity index is 340. The third-order valence-corrected chi connectivity index (χ3v) is 3.18. The van der Waals surface area contributed by atoms with Gasteiger partial charge in [0.1, 0.15) is 0 Å². The van der Waals surface area contributed by atoms with Crippen molar-refractivity contribution in [1.82, 2.24) is 0 Å². The van der Waals surface area contributed by atoms with Gasteiger partial charge in [0.15, 0.2) is 0 Å². The molecule has 0 atom stereocenters. The van der Waals surface area contributed by atoms with Crippen molar-refractivity contribution in [3.8, 4) is 6.07 Å². The zero-order valence-corrected chi connectivity index (χ0v) is 19.6. The maximum atomic E-state index is 10.1. The maximum Gasteiger partial charge on any atom is 1.00 e. The summed E-state index contributed by atoms with van der Waals surface area (Å²) in [5, 5.41) is 7.32. The number of nitriles is 1. The molecule has 0 unspecified atom stereocenters. The van der Waals surface area contributed by atoms with Crippen LogP contribution in [0.25, 0.3) is 0 Å². The van der Waals surface area contributed by atoms with Crippen molar-refractivity contribution < 1.29 is 64.9 Å². The zero-order valence-electron chi connectivity index (χ0n) is 14.5. The molecule has 9 heteroatoms. The molecule has 23 heavy (non-hydrogen) atoms. The molecule has 0 saturated carbocycles. The van der Waals surface area contributed by atoms with Gasteiger partial charge in [-0.15, -0.1) is 0 Å². The van der Waals surface area contributed by atoms with E-state index in [1.165, 1.54) is 51.9 Å². The Morgan fingerprint density at radius 1 is 1.00 bits per heavy atom. The molecule has 0 rings (SSSR count). The molecular formula is C14H28ClNNaO4PdS. The minimum Gasteiger partial charge on any atom is 1.00 e. The molecule has 0 heterocycles. The van der Waals surface area contributed by atoms with Crippen LogP contribution in [-0.2, 0) is 32.8 Å². The molecule has 0 aromatic rings. The van der Waals surface area contributed by atoms with E-state index in [9.17, 15) is 13.0 Å². The third-order valence-electron chi connectivity index (χ3n) is 2.73. The monoisotopic (exact) mass is 470 g/mol. The quantitative estimate of drug-likeness (QED) is 0.187. The van der Waals surface area contributed by atoms with Crippen molar-refractivity contribution in [1.29, 1.82) is 5.26 Å². The van der Waals surface area contributed by atoms with Gasteiger partial charge in [0.05, 0.1) is 12.7 Å². The zero-order chi connectivity index (χ0) is 17.7. The van der Waals surface area contributed by atoms with Crippen LogP contribution in [0.2, 0.25) is 0 Å². The van der Waals surface area contributed by atoms with Gasteiger partial charge in [-0.05, 0) is 6.42 Å². The molecule has 0 spiro atoms. The first kappa shape index (κ1) is 32.0. The minimum absolute atomic E-state index is 0. The summed E-state index contributed by atoms with van der Waals surface area (Å²) in [6.07, 6.45) is 11.7. The smallest absolute Gasteiger partial charge is 1.00 e.